The molecule has 0 aliphatic carbocycles. The average Bonchev–Trinajstić information content (AvgIpc) is 2.34. The maximum atomic E-state index is 12.5. The van der Waals surface area contributed by atoms with Crippen LogP contribution in [0.3, 0.4) is 0 Å². The van der Waals surface area contributed by atoms with E-state index in [1.54, 1.807) is 6.07 Å². The third-order valence-electron chi connectivity index (χ3n) is 2.57. The van der Waals surface area contributed by atoms with Gasteiger partial charge in [0, 0.05) is 11.9 Å². The van der Waals surface area contributed by atoms with Crippen LogP contribution >= 0.6 is 11.6 Å². The van der Waals surface area contributed by atoms with Crippen molar-refractivity contribution in [3.05, 3.63) is 29.8 Å². The molecule has 0 heterocycles. The van der Waals surface area contributed by atoms with Crippen molar-refractivity contribution in [1.29, 1.82) is 0 Å². The van der Waals surface area contributed by atoms with Crippen LogP contribution in [-0.2, 0) is 15.9 Å². The lowest BCUT2D eigenvalue weighted by Crippen LogP contribution is -2.43. The fraction of sp³-hybridized carbons (Fsp3) is 0.500. The molecule has 1 aromatic rings. The van der Waals surface area contributed by atoms with Crippen molar-refractivity contribution in [2.45, 2.75) is 36.8 Å². The van der Waals surface area contributed by atoms with Crippen molar-refractivity contribution >= 4 is 21.6 Å². The molecule has 1 rings (SSSR count). The Morgan fingerprint density at radius 1 is 1.30 bits per heavy atom. The number of rotatable bonds is 5. The zero-order valence-corrected chi connectivity index (χ0v) is 12.6. The van der Waals surface area contributed by atoms with Gasteiger partial charge in [0.15, 0.2) is 0 Å². The van der Waals surface area contributed by atoms with E-state index in [0.717, 1.165) is 0 Å². The van der Waals surface area contributed by atoms with Gasteiger partial charge in [0.25, 0.3) is 0 Å². The molecule has 20 heavy (non-hydrogen) atoms. The molecule has 0 aliphatic rings. The molecule has 0 amide bonds. The number of halogens is 4. The van der Waals surface area contributed by atoms with Gasteiger partial charge < -0.3 is 0 Å². The lowest BCUT2D eigenvalue weighted by molar-refractivity contribution is -0.138. The zero-order chi connectivity index (χ0) is 15.6. The molecule has 0 aromatic heterocycles. The summed E-state index contributed by atoms with van der Waals surface area (Å²) in [7, 11) is -4.21. The Bertz CT molecular complexity index is 558. The van der Waals surface area contributed by atoms with Crippen LogP contribution < -0.4 is 0 Å². The molecule has 0 fully saturated rings. The summed E-state index contributed by atoms with van der Waals surface area (Å²) < 4.78 is 62.6. The number of nitrogens with zero attached hydrogens (tertiary/aromatic N) is 1. The minimum Gasteiger partial charge on any atom is -0.207 e. The second-order valence-corrected chi connectivity index (χ2v) is 6.70. The van der Waals surface area contributed by atoms with Gasteiger partial charge in [0.2, 0.25) is 10.0 Å². The second kappa shape index (κ2) is 6.32. The molecule has 0 saturated heterocycles. The highest BCUT2D eigenvalue weighted by Gasteiger charge is 2.38. The maximum absolute atomic E-state index is 12.5. The summed E-state index contributed by atoms with van der Waals surface area (Å²) >= 11 is 5.61. The van der Waals surface area contributed by atoms with Crippen LogP contribution in [0.15, 0.2) is 29.2 Å². The van der Waals surface area contributed by atoms with Crippen LogP contribution in [-0.4, -0.2) is 31.5 Å². The molecule has 8 heteroatoms. The molecular formula is C12H15ClF3NO2S. The molecule has 0 spiro atoms. The van der Waals surface area contributed by atoms with Gasteiger partial charge in [-0.15, -0.1) is 11.6 Å². The highest BCUT2D eigenvalue weighted by atomic mass is 35.5. The lowest BCUT2D eigenvalue weighted by Gasteiger charge is -2.27. The molecule has 1 aromatic carbocycles. The topological polar surface area (TPSA) is 37.4 Å². The van der Waals surface area contributed by atoms with Crippen LogP contribution in [0.2, 0.25) is 0 Å². The number of alkyl halides is 4. The van der Waals surface area contributed by atoms with E-state index in [1.807, 2.05) is 0 Å². The van der Waals surface area contributed by atoms with E-state index in [4.69, 9.17) is 11.6 Å². The van der Waals surface area contributed by atoms with Gasteiger partial charge in [-0.05, 0) is 31.5 Å². The summed E-state index contributed by atoms with van der Waals surface area (Å²) in [5.41, 5.74) is 0.531. The first-order valence-electron chi connectivity index (χ1n) is 5.81. The average molecular weight is 330 g/mol. The van der Waals surface area contributed by atoms with Gasteiger partial charge >= 0.3 is 6.18 Å². The zero-order valence-electron chi connectivity index (χ0n) is 11.0. The predicted molar refractivity (Wildman–Crippen MR) is 71.1 cm³/mol. The van der Waals surface area contributed by atoms with E-state index < -0.39 is 28.8 Å². The number of benzene rings is 1. The quantitative estimate of drug-likeness (QED) is 0.777. The number of sulfonamides is 1. The molecule has 0 bridgehead atoms. The van der Waals surface area contributed by atoms with Gasteiger partial charge in [-0.2, -0.15) is 17.5 Å². The van der Waals surface area contributed by atoms with E-state index in [-0.39, 0.29) is 10.8 Å². The van der Waals surface area contributed by atoms with E-state index in [9.17, 15) is 21.6 Å². The van der Waals surface area contributed by atoms with E-state index >= 15 is 0 Å². The van der Waals surface area contributed by atoms with Crippen molar-refractivity contribution in [2.24, 2.45) is 0 Å². The van der Waals surface area contributed by atoms with Crippen LogP contribution in [0.1, 0.15) is 19.4 Å². The summed E-state index contributed by atoms with van der Waals surface area (Å²) in [5, 5.41) is 0. The predicted octanol–water partition coefficient (Wildman–Crippen LogP) is 3.39. The molecule has 0 radical (unpaired) electrons. The Morgan fingerprint density at radius 3 is 2.35 bits per heavy atom. The van der Waals surface area contributed by atoms with Crippen LogP contribution in [0.25, 0.3) is 0 Å². The minimum absolute atomic E-state index is 0.0876. The summed E-state index contributed by atoms with van der Waals surface area (Å²) in [4.78, 5) is -0.186. The maximum Gasteiger partial charge on any atom is 0.402 e. The normalized spacial score (nSPS) is 13.2. The van der Waals surface area contributed by atoms with E-state index in [1.165, 1.54) is 32.0 Å². The Morgan fingerprint density at radius 2 is 1.90 bits per heavy atom. The largest absolute Gasteiger partial charge is 0.402 e. The standard InChI is InChI=1S/C12H15ClF3NO2S/c1-9(2)17(8-12(14,15)16)20(18,19)11-5-3-4-10(6-11)7-13/h3-6,9H,7-8H2,1-2H3. The first-order valence-corrected chi connectivity index (χ1v) is 7.79. The fourth-order valence-corrected chi connectivity index (χ4v) is 3.51. The summed E-state index contributed by atoms with van der Waals surface area (Å²) in [6.45, 7) is 1.28. The number of hydrogen-bond acceptors (Lipinski definition) is 2. The van der Waals surface area contributed by atoms with Crippen molar-refractivity contribution in [3.8, 4) is 0 Å². The van der Waals surface area contributed by atoms with Gasteiger partial charge in [-0.1, -0.05) is 12.1 Å². The molecule has 0 N–H and O–H groups in total. The number of hydrogen-bond donors (Lipinski definition) is 0. The molecule has 114 valence electrons. The van der Waals surface area contributed by atoms with Crippen LogP contribution in [0.4, 0.5) is 13.2 Å². The molecule has 0 unspecified atom stereocenters. The van der Waals surface area contributed by atoms with Crippen molar-refractivity contribution in [2.75, 3.05) is 6.54 Å². The Labute approximate surface area is 121 Å². The third kappa shape index (κ3) is 4.36. The third-order valence-corrected chi connectivity index (χ3v) is 4.90. The van der Waals surface area contributed by atoms with Crippen molar-refractivity contribution in [3.63, 3.8) is 0 Å². The van der Waals surface area contributed by atoms with E-state index in [0.29, 0.717) is 9.87 Å². The molecule has 0 saturated carbocycles. The van der Waals surface area contributed by atoms with E-state index in [2.05, 4.69) is 0 Å². The Balaban J connectivity index is 3.22. The summed E-state index contributed by atoms with van der Waals surface area (Å²) in [6, 6.07) is 4.80. The Kier molecular flexibility index (Phi) is 5.46. The molecule has 0 atom stereocenters. The van der Waals surface area contributed by atoms with Gasteiger partial charge in [0.1, 0.15) is 6.54 Å². The minimum atomic E-state index is -4.60. The van der Waals surface area contributed by atoms with Gasteiger partial charge in [-0.25, -0.2) is 8.42 Å². The molecule has 0 aliphatic heterocycles. The van der Waals surface area contributed by atoms with Crippen LogP contribution in [0.5, 0.6) is 0 Å². The summed E-state index contributed by atoms with van der Waals surface area (Å²) in [5.74, 6) is 0.0876. The highest BCUT2D eigenvalue weighted by Crippen LogP contribution is 2.25. The van der Waals surface area contributed by atoms with Crippen molar-refractivity contribution in [1.82, 2.24) is 4.31 Å². The SMILES string of the molecule is CC(C)N(CC(F)(F)F)S(=O)(=O)c1cccc(CCl)c1. The van der Waals surface area contributed by atoms with Gasteiger partial charge in [0.05, 0.1) is 4.90 Å². The van der Waals surface area contributed by atoms with Crippen LogP contribution in [0, 0.1) is 0 Å². The molecular weight excluding hydrogens is 315 g/mol. The first-order chi connectivity index (χ1) is 9.08. The van der Waals surface area contributed by atoms with Gasteiger partial charge in [-0.3, -0.25) is 0 Å². The smallest absolute Gasteiger partial charge is 0.207 e. The monoisotopic (exact) mass is 329 g/mol. The lowest BCUT2D eigenvalue weighted by atomic mass is 10.2. The molecule has 3 nitrogen and oxygen atoms in total. The highest BCUT2D eigenvalue weighted by molar-refractivity contribution is 7.89. The Hall–Kier alpha value is -0.790. The second-order valence-electron chi connectivity index (χ2n) is 4.54. The fourth-order valence-electron chi connectivity index (χ4n) is 1.65. The first kappa shape index (κ1) is 17.3. The van der Waals surface area contributed by atoms with Crippen molar-refractivity contribution < 1.29 is 21.6 Å². The summed E-state index contributed by atoms with van der Waals surface area (Å²) in [6.07, 6.45) is -4.60.